The van der Waals surface area contributed by atoms with Gasteiger partial charge in [0, 0.05) is 8.00 Å². The molecule has 5 heteroatoms. The molecule has 10 heavy (non-hydrogen) atoms. The van der Waals surface area contributed by atoms with E-state index in [1.165, 1.54) is 12.2 Å². The maximum atomic E-state index is 10.3. The average Bonchev–Trinajstić information content (AvgIpc) is 2.14. The molecule has 0 aliphatic heterocycles. The summed E-state index contributed by atoms with van der Waals surface area (Å²) in [5.74, 6) is 0. The van der Waals surface area contributed by atoms with Gasteiger partial charge in [0.25, 0.3) is 0 Å². The minimum atomic E-state index is -2.61. The normalized spacial score (nSPS) is 17.0. The maximum absolute atomic E-state index is 10.3. The van der Waals surface area contributed by atoms with E-state index >= 15 is 0 Å². The lowest BCUT2D eigenvalue weighted by molar-refractivity contribution is -0.281. The minimum Gasteiger partial charge on any atom is -0.633 e. The Hall–Kier alpha value is 0.150. The first-order valence-corrected chi connectivity index (χ1v) is 4.31. The molecule has 0 atom stereocenters. The van der Waals surface area contributed by atoms with Crippen LogP contribution in [-0.4, -0.2) is 5.29 Å². The zero-order valence-corrected chi connectivity index (χ0v) is 7.08. The Labute approximate surface area is 68.9 Å². The number of hydrogen-bond acceptors (Lipinski definition) is 2. The van der Waals surface area contributed by atoms with Gasteiger partial charge < -0.3 is 9.79 Å². The highest BCUT2D eigenvalue weighted by Crippen LogP contribution is 2.27. The van der Waals surface area contributed by atoms with Crippen LogP contribution in [0.1, 0.15) is 0 Å². The van der Waals surface area contributed by atoms with Crippen LogP contribution in [-0.2, 0) is 0 Å². The minimum absolute atomic E-state index is 0.0849. The molecule has 0 fully saturated rings. The third kappa shape index (κ3) is 1.42. The Kier molecular flexibility index (Phi) is 2.50. The second-order valence-corrected chi connectivity index (χ2v) is 3.42. The first-order chi connectivity index (χ1) is 4.63. The van der Waals surface area contributed by atoms with Crippen LogP contribution in [0.25, 0.3) is 0 Å². The van der Waals surface area contributed by atoms with Crippen molar-refractivity contribution in [3.8, 4) is 0 Å². The molecule has 0 unspecified atom stereocenters. The van der Waals surface area contributed by atoms with Crippen molar-refractivity contribution in [3.63, 3.8) is 0 Å². The predicted octanol–water partition coefficient (Wildman–Crippen LogP) is 0.450. The van der Waals surface area contributed by atoms with Crippen molar-refractivity contribution in [1.82, 2.24) is 0 Å². The van der Waals surface area contributed by atoms with E-state index in [-0.39, 0.29) is 15.4 Å². The topological polar surface area (TPSA) is 46.1 Å². The Bertz CT molecular complexity index is 250. The predicted molar refractivity (Wildman–Crippen MR) is 39.8 cm³/mol. The van der Waals surface area contributed by atoms with Gasteiger partial charge in [-0.05, 0) is 12.2 Å². The largest absolute Gasteiger partial charge is 0.633 e. The van der Waals surface area contributed by atoms with Crippen LogP contribution in [0.2, 0.25) is 0 Å². The summed E-state index contributed by atoms with van der Waals surface area (Å²) >= 11 is 11.0. The molecule has 2 nitrogen and oxygen atoms in total. The molecule has 0 heterocycles. The van der Waals surface area contributed by atoms with Crippen molar-refractivity contribution >= 4 is 36.5 Å². The standard InChI is InChI=1S/C5H3Cl2O2P/c6-3-1-2-4(5(3)7)10(8)9/h1-2H,(H,8,9)/p-1. The van der Waals surface area contributed by atoms with E-state index in [9.17, 15) is 9.79 Å². The molecule has 0 aromatic carbocycles. The Balaban J connectivity index is 3.11. The van der Waals surface area contributed by atoms with Gasteiger partial charge in [0.1, 0.15) is 5.03 Å². The third-order valence-corrected chi connectivity index (χ3v) is 2.74. The van der Waals surface area contributed by atoms with E-state index in [1.807, 2.05) is 0 Å². The summed E-state index contributed by atoms with van der Waals surface area (Å²) in [5, 5.41) is 0.468. The molecule has 1 rings (SSSR count). The molecule has 0 bridgehead atoms. The Morgan fingerprint density at radius 2 is 1.80 bits per heavy atom. The second-order valence-electron chi connectivity index (χ2n) is 1.64. The van der Waals surface area contributed by atoms with Crippen molar-refractivity contribution in [3.05, 3.63) is 22.2 Å². The van der Waals surface area contributed by atoms with E-state index in [0.29, 0.717) is 0 Å². The van der Waals surface area contributed by atoms with Gasteiger partial charge in [0.2, 0.25) is 0 Å². The van der Waals surface area contributed by atoms with E-state index < -0.39 is 8.00 Å². The SMILES string of the molecule is [O-][P+]([O-])=C1C=CC(Cl)=C1Cl. The molecule has 54 valence electrons. The maximum Gasteiger partial charge on any atom is 0.156 e. The third-order valence-electron chi connectivity index (χ3n) is 1.02. The number of halogens is 2. The van der Waals surface area contributed by atoms with Crippen LogP contribution in [0.3, 0.4) is 0 Å². The van der Waals surface area contributed by atoms with Crippen LogP contribution < -0.4 is 9.79 Å². The zero-order chi connectivity index (χ0) is 7.72. The quantitative estimate of drug-likeness (QED) is 0.528. The summed E-state index contributed by atoms with van der Waals surface area (Å²) < 4.78 is 0. The van der Waals surface area contributed by atoms with Crippen molar-refractivity contribution in [1.29, 1.82) is 0 Å². The Morgan fingerprint density at radius 3 is 2.00 bits per heavy atom. The van der Waals surface area contributed by atoms with Gasteiger partial charge in [0.05, 0.1) is 5.03 Å². The van der Waals surface area contributed by atoms with Gasteiger partial charge in [-0.1, -0.05) is 23.2 Å². The highest BCUT2D eigenvalue weighted by Gasteiger charge is 2.15. The van der Waals surface area contributed by atoms with E-state index in [4.69, 9.17) is 23.2 Å². The van der Waals surface area contributed by atoms with Gasteiger partial charge in [-0.15, -0.1) is 0 Å². The van der Waals surface area contributed by atoms with E-state index in [0.717, 1.165) is 0 Å². The Morgan fingerprint density at radius 1 is 1.20 bits per heavy atom. The van der Waals surface area contributed by atoms with Crippen LogP contribution in [0.4, 0.5) is 0 Å². The molecule has 0 radical (unpaired) electrons. The number of rotatable bonds is 0. The lowest BCUT2D eigenvalue weighted by atomic mass is 10.5. The highest BCUT2D eigenvalue weighted by molar-refractivity contribution is 7.46. The van der Waals surface area contributed by atoms with Gasteiger partial charge in [-0.3, -0.25) is 0 Å². The van der Waals surface area contributed by atoms with Crippen molar-refractivity contribution in [2.24, 2.45) is 0 Å². The summed E-state index contributed by atoms with van der Waals surface area (Å²) in [7, 11) is -2.61. The summed E-state index contributed by atoms with van der Waals surface area (Å²) in [6.45, 7) is 0. The molecule has 0 N–H and O–H groups in total. The van der Waals surface area contributed by atoms with Crippen LogP contribution in [0.5, 0.6) is 0 Å². The second kappa shape index (κ2) is 3.04. The van der Waals surface area contributed by atoms with Gasteiger partial charge in [-0.25, -0.2) is 0 Å². The molecule has 0 saturated carbocycles. The fraction of sp³-hybridized carbons (Fsp3) is 0. The summed E-state index contributed by atoms with van der Waals surface area (Å²) in [5.41, 5.74) is 0. The summed E-state index contributed by atoms with van der Waals surface area (Å²) in [6, 6.07) is 0. The first kappa shape index (κ1) is 8.25. The van der Waals surface area contributed by atoms with E-state index in [1.54, 1.807) is 0 Å². The van der Waals surface area contributed by atoms with Gasteiger partial charge >= 0.3 is 0 Å². The lowest BCUT2D eigenvalue weighted by Crippen LogP contribution is -2.08. The number of hydrogen-bond donors (Lipinski definition) is 0. The molecule has 0 spiro atoms. The highest BCUT2D eigenvalue weighted by atomic mass is 35.5. The first-order valence-electron chi connectivity index (χ1n) is 2.38. The molecule has 0 aromatic rings. The van der Waals surface area contributed by atoms with Crippen molar-refractivity contribution in [2.45, 2.75) is 0 Å². The molecule has 1 aliphatic rings. The molecule has 1 aliphatic carbocycles. The number of allylic oxidation sites excluding steroid dienone is 4. The molecular formula is C5H2Cl2O2P-. The van der Waals surface area contributed by atoms with Gasteiger partial charge in [-0.2, -0.15) is 0 Å². The lowest BCUT2D eigenvalue weighted by Gasteiger charge is -2.01. The molecular weight excluding hydrogens is 194 g/mol. The smallest absolute Gasteiger partial charge is 0.156 e. The van der Waals surface area contributed by atoms with Crippen LogP contribution >= 0.6 is 31.2 Å². The molecule has 0 saturated heterocycles. The zero-order valence-electron chi connectivity index (χ0n) is 4.67. The van der Waals surface area contributed by atoms with E-state index in [2.05, 4.69) is 0 Å². The summed E-state index contributed by atoms with van der Waals surface area (Å²) in [4.78, 5) is 20.7. The average molecular weight is 196 g/mol. The van der Waals surface area contributed by atoms with Crippen molar-refractivity contribution < 1.29 is 9.79 Å². The monoisotopic (exact) mass is 195 g/mol. The van der Waals surface area contributed by atoms with Crippen molar-refractivity contribution in [2.75, 3.05) is 0 Å². The summed E-state index contributed by atoms with van der Waals surface area (Å²) in [6.07, 6.45) is 2.82. The fourth-order valence-corrected chi connectivity index (χ4v) is 1.60. The van der Waals surface area contributed by atoms with Crippen LogP contribution in [0, 0.1) is 0 Å². The van der Waals surface area contributed by atoms with Crippen LogP contribution in [0.15, 0.2) is 22.2 Å². The van der Waals surface area contributed by atoms with Gasteiger partial charge in [0.15, 0.2) is 5.29 Å². The molecule has 0 amide bonds. The fourth-order valence-electron chi connectivity index (χ4n) is 0.562. The molecule has 0 aromatic heterocycles.